The van der Waals surface area contributed by atoms with Crippen LogP contribution in [-0.2, 0) is 16.5 Å². The average Bonchev–Trinajstić information content (AvgIpc) is 3.56. The van der Waals surface area contributed by atoms with Gasteiger partial charge in [0.2, 0.25) is 5.91 Å². The van der Waals surface area contributed by atoms with Gasteiger partial charge in [-0.1, -0.05) is 52.3 Å². The number of hydrogen-bond donors (Lipinski definition) is 1. The largest absolute Gasteiger partial charge is 0.418 e. The predicted molar refractivity (Wildman–Crippen MR) is 139 cm³/mol. The number of nitrogens with zero attached hydrogens (tertiary/aromatic N) is 2. The summed E-state index contributed by atoms with van der Waals surface area (Å²) in [6.45, 7) is 0.392. The average molecular weight is 600 g/mol. The van der Waals surface area contributed by atoms with Crippen LogP contribution in [-0.4, -0.2) is 34.1 Å². The molecule has 6 rings (SSSR count). The van der Waals surface area contributed by atoms with E-state index < -0.39 is 45.7 Å². The second-order valence-corrected chi connectivity index (χ2v) is 11.0. The number of para-hydroxylation sites is 1. The number of nitrogens with one attached hydrogen (secondary N) is 1. The third-order valence-electron chi connectivity index (χ3n) is 8.22. The minimum Gasteiger partial charge on any atom is -0.323 e. The van der Waals surface area contributed by atoms with Gasteiger partial charge in [0.05, 0.1) is 22.1 Å². The van der Waals surface area contributed by atoms with Crippen LogP contribution in [0.2, 0.25) is 0 Å². The van der Waals surface area contributed by atoms with Gasteiger partial charge in [0.1, 0.15) is 5.54 Å². The first-order valence-electron chi connectivity index (χ1n) is 12.4. The van der Waals surface area contributed by atoms with Gasteiger partial charge in [0.25, 0.3) is 5.69 Å². The Kier molecular flexibility index (Phi) is 5.92. The molecule has 11 heteroatoms. The molecule has 0 aromatic heterocycles. The highest BCUT2D eigenvalue weighted by atomic mass is 79.9. The summed E-state index contributed by atoms with van der Waals surface area (Å²) < 4.78 is 42.8. The molecule has 200 valence electrons. The fourth-order valence-corrected chi connectivity index (χ4v) is 7.10. The number of benzene rings is 3. The standard InChI is InChI=1S/C28H21BrF3N3O4/c29-17-11-9-15(10-12-17)25(36)23-22(16-4-1-5-18(14-16)35(38)39)21-8-3-13-34(21)27(23)19-6-2-7-20(28(30,31)32)24(19)33-26(27)37/h1-2,4-7,9-12,14,21-23H,3,8,13H2,(H,33,37)/t21?,22?,23?,27-/m1/s1. The molecule has 1 spiro atoms. The number of nitro groups is 1. The number of fused-ring (bicyclic) bond motifs is 4. The second kappa shape index (κ2) is 8.99. The lowest BCUT2D eigenvalue weighted by Gasteiger charge is -2.37. The molecule has 2 saturated heterocycles. The molecule has 39 heavy (non-hydrogen) atoms. The molecule has 3 heterocycles. The number of non-ortho nitro benzene ring substituents is 1. The molecule has 0 saturated carbocycles. The molecule has 3 unspecified atom stereocenters. The highest BCUT2D eigenvalue weighted by molar-refractivity contribution is 9.10. The van der Waals surface area contributed by atoms with Gasteiger partial charge in [-0.2, -0.15) is 13.2 Å². The van der Waals surface area contributed by atoms with E-state index in [1.807, 2.05) is 4.90 Å². The van der Waals surface area contributed by atoms with Crippen molar-refractivity contribution in [2.24, 2.45) is 5.92 Å². The van der Waals surface area contributed by atoms with E-state index in [4.69, 9.17) is 0 Å². The number of alkyl halides is 3. The second-order valence-electron chi connectivity index (χ2n) is 10.1. The molecule has 0 radical (unpaired) electrons. The van der Waals surface area contributed by atoms with E-state index in [-0.39, 0.29) is 23.0 Å². The maximum atomic E-state index is 14.4. The fraction of sp³-hybridized carbons (Fsp3) is 0.286. The number of hydrogen-bond acceptors (Lipinski definition) is 5. The molecule has 3 aliphatic rings. The Hall–Kier alpha value is -3.57. The number of halogens is 4. The van der Waals surface area contributed by atoms with Crippen LogP contribution in [0.1, 0.15) is 45.8 Å². The molecular weight excluding hydrogens is 579 g/mol. The molecule has 1 N–H and O–H groups in total. The molecule has 3 aromatic carbocycles. The summed E-state index contributed by atoms with van der Waals surface area (Å²) in [7, 11) is 0. The first kappa shape index (κ1) is 25.7. The van der Waals surface area contributed by atoms with Crippen molar-refractivity contribution in [1.29, 1.82) is 0 Å². The number of Topliss-reactive ketones (excluding diaryl/α,β-unsaturated/α-hetero) is 1. The van der Waals surface area contributed by atoms with E-state index in [0.717, 1.165) is 10.5 Å². The summed E-state index contributed by atoms with van der Waals surface area (Å²) in [6, 6.07) is 15.8. The molecular formula is C28H21BrF3N3O4. The number of nitro benzene ring substituents is 1. The Morgan fingerprint density at radius 2 is 1.82 bits per heavy atom. The minimum absolute atomic E-state index is 0.109. The zero-order chi connectivity index (χ0) is 27.7. The van der Waals surface area contributed by atoms with Crippen molar-refractivity contribution < 1.29 is 27.7 Å². The van der Waals surface area contributed by atoms with Crippen molar-refractivity contribution in [2.75, 3.05) is 11.9 Å². The lowest BCUT2D eigenvalue weighted by atomic mass is 9.68. The van der Waals surface area contributed by atoms with Crippen molar-refractivity contribution in [3.05, 3.63) is 104 Å². The van der Waals surface area contributed by atoms with Gasteiger partial charge in [-0.05, 0) is 43.1 Å². The van der Waals surface area contributed by atoms with E-state index in [1.165, 1.54) is 30.3 Å². The van der Waals surface area contributed by atoms with Crippen LogP contribution in [0.25, 0.3) is 0 Å². The molecule has 3 aliphatic heterocycles. The van der Waals surface area contributed by atoms with Gasteiger partial charge < -0.3 is 5.32 Å². The van der Waals surface area contributed by atoms with Gasteiger partial charge in [-0.25, -0.2) is 0 Å². The van der Waals surface area contributed by atoms with Crippen LogP contribution in [0.3, 0.4) is 0 Å². The number of ketones is 1. The summed E-state index contributed by atoms with van der Waals surface area (Å²) in [5, 5.41) is 14.1. The van der Waals surface area contributed by atoms with Crippen LogP contribution >= 0.6 is 15.9 Å². The highest BCUT2D eigenvalue weighted by Crippen LogP contribution is 2.62. The van der Waals surface area contributed by atoms with Gasteiger partial charge >= 0.3 is 6.18 Å². The topological polar surface area (TPSA) is 92.5 Å². The monoisotopic (exact) mass is 599 g/mol. The maximum absolute atomic E-state index is 14.4. The van der Waals surface area contributed by atoms with Crippen LogP contribution < -0.4 is 5.32 Å². The number of amides is 1. The van der Waals surface area contributed by atoms with E-state index in [1.54, 1.807) is 30.3 Å². The summed E-state index contributed by atoms with van der Waals surface area (Å²) in [5.74, 6) is -2.90. The number of carbonyl (C=O) groups excluding carboxylic acids is 2. The predicted octanol–water partition coefficient (Wildman–Crippen LogP) is 6.28. The van der Waals surface area contributed by atoms with Gasteiger partial charge in [0.15, 0.2) is 5.78 Å². The molecule has 2 fully saturated rings. The van der Waals surface area contributed by atoms with E-state index in [9.17, 15) is 32.9 Å². The first-order valence-corrected chi connectivity index (χ1v) is 13.2. The SMILES string of the molecule is O=C(c1ccc(Br)cc1)C1C(c2cccc([N+](=O)[O-])c2)C2CCCN2[C@@]12C(=O)Nc1c(C(F)(F)F)cccc12. The van der Waals surface area contributed by atoms with Crippen molar-refractivity contribution in [3.8, 4) is 0 Å². The van der Waals surface area contributed by atoms with Crippen molar-refractivity contribution >= 4 is 39.0 Å². The Bertz CT molecular complexity index is 1530. The van der Waals surface area contributed by atoms with E-state index >= 15 is 0 Å². The summed E-state index contributed by atoms with van der Waals surface area (Å²) in [4.78, 5) is 41.4. The lowest BCUT2D eigenvalue weighted by molar-refractivity contribution is -0.384. The smallest absolute Gasteiger partial charge is 0.323 e. The molecule has 1 amide bonds. The van der Waals surface area contributed by atoms with Crippen LogP contribution in [0, 0.1) is 16.0 Å². The Labute approximate surface area is 229 Å². The summed E-state index contributed by atoms with van der Waals surface area (Å²) >= 11 is 3.35. The third-order valence-corrected chi connectivity index (χ3v) is 8.75. The normalized spacial score (nSPS) is 25.9. The lowest BCUT2D eigenvalue weighted by Crippen LogP contribution is -2.52. The fourth-order valence-electron chi connectivity index (χ4n) is 6.84. The van der Waals surface area contributed by atoms with Crippen LogP contribution in [0.5, 0.6) is 0 Å². The number of rotatable bonds is 4. The molecule has 3 aromatic rings. The van der Waals surface area contributed by atoms with Gasteiger partial charge in [-0.15, -0.1) is 0 Å². The van der Waals surface area contributed by atoms with E-state index in [2.05, 4.69) is 21.2 Å². The zero-order valence-corrected chi connectivity index (χ0v) is 21.8. The molecule has 7 nitrogen and oxygen atoms in total. The molecule has 4 atom stereocenters. The summed E-state index contributed by atoms with van der Waals surface area (Å²) in [5.41, 5.74) is -2.28. The maximum Gasteiger partial charge on any atom is 0.418 e. The number of anilines is 1. The van der Waals surface area contributed by atoms with E-state index in [0.29, 0.717) is 30.5 Å². The van der Waals surface area contributed by atoms with Gasteiger partial charge in [-0.3, -0.25) is 24.6 Å². The van der Waals surface area contributed by atoms with Crippen LogP contribution in [0.4, 0.5) is 24.5 Å². The Balaban J connectivity index is 1.63. The van der Waals surface area contributed by atoms with Crippen molar-refractivity contribution in [1.82, 2.24) is 4.90 Å². The van der Waals surface area contributed by atoms with Crippen molar-refractivity contribution in [3.63, 3.8) is 0 Å². The third kappa shape index (κ3) is 3.74. The number of carbonyl (C=O) groups is 2. The van der Waals surface area contributed by atoms with Crippen molar-refractivity contribution in [2.45, 2.75) is 36.5 Å². The van der Waals surface area contributed by atoms with Gasteiger partial charge in [0, 0.05) is 39.7 Å². The summed E-state index contributed by atoms with van der Waals surface area (Å²) in [6.07, 6.45) is -3.47. The minimum atomic E-state index is -4.72. The Morgan fingerprint density at radius 3 is 2.51 bits per heavy atom. The first-order chi connectivity index (χ1) is 18.5. The quantitative estimate of drug-likeness (QED) is 0.216. The molecule has 0 aliphatic carbocycles. The highest BCUT2D eigenvalue weighted by Gasteiger charge is 2.70. The molecule has 0 bridgehead atoms. The zero-order valence-electron chi connectivity index (χ0n) is 20.2. The Morgan fingerprint density at radius 1 is 1.10 bits per heavy atom. The van der Waals surface area contributed by atoms with Crippen LogP contribution in [0.15, 0.2) is 71.2 Å².